The molecule has 0 aliphatic carbocycles. The molecular formula is C22H23BrN4O2S. The number of amidine groups is 1. The molecular weight excluding hydrogens is 464 g/mol. The summed E-state index contributed by atoms with van der Waals surface area (Å²) in [5.41, 5.74) is 1.35. The Balaban J connectivity index is 1.82. The van der Waals surface area contributed by atoms with Crippen molar-refractivity contribution in [1.29, 1.82) is 0 Å². The highest BCUT2D eigenvalue weighted by Gasteiger charge is 2.35. The zero-order chi connectivity index (χ0) is 21.1. The van der Waals surface area contributed by atoms with E-state index in [4.69, 9.17) is 14.8 Å². The molecule has 0 bridgehead atoms. The molecule has 0 fully saturated rings. The molecule has 2 aliphatic heterocycles. The van der Waals surface area contributed by atoms with Crippen molar-refractivity contribution in [2.24, 2.45) is 10.1 Å². The second-order valence-electron chi connectivity index (χ2n) is 7.01. The molecule has 0 saturated heterocycles. The highest BCUT2D eigenvalue weighted by Crippen LogP contribution is 2.37. The van der Waals surface area contributed by atoms with Gasteiger partial charge in [0.1, 0.15) is 11.4 Å². The number of carbonyl (C=O) groups is 1. The van der Waals surface area contributed by atoms with Crippen LogP contribution in [0.5, 0.6) is 5.75 Å². The van der Waals surface area contributed by atoms with Gasteiger partial charge >= 0.3 is 0 Å². The minimum absolute atomic E-state index is 0.163. The maximum atomic E-state index is 13.1. The number of unbranched alkanes of at least 4 members (excludes halogenated alkanes) is 2. The molecule has 1 N–H and O–H groups in total. The van der Waals surface area contributed by atoms with Gasteiger partial charge in [-0.05, 0) is 30.7 Å². The first kappa shape index (κ1) is 20.9. The van der Waals surface area contributed by atoms with Gasteiger partial charge in [-0.15, -0.1) is 5.10 Å². The molecule has 2 aromatic carbocycles. The number of hydrazone groups is 1. The molecule has 6 nitrogen and oxygen atoms in total. The van der Waals surface area contributed by atoms with E-state index >= 15 is 0 Å². The van der Waals surface area contributed by atoms with Crippen LogP contribution in [-0.2, 0) is 4.79 Å². The topological polar surface area (TPSA) is 66.3 Å². The minimum atomic E-state index is -0.500. The van der Waals surface area contributed by atoms with E-state index in [9.17, 15) is 4.79 Å². The Morgan fingerprint density at radius 3 is 2.87 bits per heavy atom. The molecule has 4 rings (SSSR count). The van der Waals surface area contributed by atoms with Gasteiger partial charge in [-0.25, -0.2) is 5.01 Å². The summed E-state index contributed by atoms with van der Waals surface area (Å²) in [6.07, 6.45) is 2.90. The van der Waals surface area contributed by atoms with Crippen molar-refractivity contribution in [1.82, 2.24) is 10.3 Å². The van der Waals surface area contributed by atoms with Crippen LogP contribution in [0.1, 0.15) is 37.9 Å². The number of hydrogen-bond donors (Lipinski definition) is 1. The molecule has 0 radical (unpaired) electrons. The zero-order valence-electron chi connectivity index (χ0n) is 16.9. The fourth-order valence-corrected chi connectivity index (χ4v) is 4.75. The maximum Gasteiger partial charge on any atom is 0.276 e. The van der Waals surface area contributed by atoms with E-state index in [-0.39, 0.29) is 5.91 Å². The highest BCUT2D eigenvalue weighted by molar-refractivity contribution is 9.10. The summed E-state index contributed by atoms with van der Waals surface area (Å²) in [6.45, 7) is 2.18. The third kappa shape index (κ3) is 4.11. The number of thioether (sulfide) groups is 1. The maximum absolute atomic E-state index is 13.1. The van der Waals surface area contributed by atoms with Crippen LogP contribution in [0.2, 0.25) is 0 Å². The molecule has 0 saturated carbocycles. The molecule has 2 aromatic rings. The fraction of sp³-hybridized carbons (Fsp3) is 0.318. The van der Waals surface area contributed by atoms with Crippen molar-refractivity contribution in [3.05, 3.63) is 63.1 Å². The van der Waals surface area contributed by atoms with Gasteiger partial charge in [0, 0.05) is 21.0 Å². The van der Waals surface area contributed by atoms with Crippen LogP contribution in [-0.4, -0.2) is 28.9 Å². The normalized spacial score (nSPS) is 17.5. The van der Waals surface area contributed by atoms with Crippen molar-refractivity contribution in [2.45, 2.75) is 32.4 Å². The number of benzene rings is 2. The van der Waals surface area contributed by atoms with E-state index in [1.807, 2.05) is 42.5 Å². The van der Waals surface area contributed by atoms with E-state index in [1.54, 1.807) is 23.9 Å². The Bertz CT molecular complexity index is 1120. The predicted molar refractivity (Wildman–Crippen MR) is 123 cm³/mol. The molecule has 156 valence electrons. The summed E-state index contributed by atoms with van der Waals surface area (Å²) >= 11 is 5.11. The second-order valence-corrected chi connectivity index (χ2v) is 9.01. The van der Waals surface area contributed by atoms with Crippen LogP contribution >= 0.6 is 27.7 Å². The van der Waals surface area contributed by atoms with E-state index in [0.717, 1.165) is 45.6 Å². The number of fused-ring (bicyclic) bond motifs is 2. The largest absolute Gasteiger partial charge is 0.496 e. The van der Waals surface area contributed by atoms with Crippen molar-refractivity contribution < 1.29 is 9.53 Å². The summed E-state index contributed by atoms with van der Waals surface area (Å²) in [5, 5.41) is 11.6. The second kappa shape index (κ2) is 9.22. The van der Waals surface area contributed by atoms with Crippen LogP contribution in [0.15, 0.2) is 57.0 Å². The molecule has 0 spiro atoms. The first-order valence-corrected chi connectivity index (χ1v) is 11.7. The van der Waals surface area contributed by atoms with E-state index in [1.165, 1.54) is 0 Å². The van der Waals surface area contributed by atoms with E-state index < -0.39 is 6.17 Å². The standard InChI is InChI=1S/C22H23BrN4O2S/c1-3-4-7-12-30-22-25-21(28)19-15-8-5-6-9-17(15)24-20(27(19)26-22)16-13-14(23)10-11-18(16)29-2/h5-6,8-11,13,20H,3-4,7,12H2,1-2H3,(H,25,26,28). The number of hydrogen-bond acceptors (Lipinski definition) is 6. The van der Waals surface area contributed by atoms with Crippen molar-refractivity contribution in [3.8, 4) is 5.75 Å². The van der Waals surface area contributed by atoms with Crippen LogP contribution < -0.4 is 20.6 Å². The number of rotatable bonds is 6. The Kier molecular flexibility index (Phi) is 6.43. The van der Waals surface area contributed by atoms with Gasteiger partial charge in [-0.3, -0.25) is 15.1 Å². The molecule has 1 amide bonds. The van der Waals surface area contributed by atoms with Crippen LogP contribution in [0.4, 0.5) is 0 Å². The lowest BCUT2D eigenvalue weighted by Crippen LogP contribution is -2.50. The highest BCUT2D eigenvalue weighted by atomic mass is 79.9. The number of ether oxygens (including phenoxy) is 1. The van der Waals surface area contributed by atoms with Crippen LogP contribution in [0.3, 0.4) is 0 Å². The minimum Gasteiger partial charge on any atom is -0.496 e. The number of carbonyl (C=O) groups excluding carboxylic acids is 1. The number of nitrogens with zero attached hydrogens (tertiary/aromatic N) is 3. The quantitative estimate of drug-likeness (QED) is 0.634. The van der Waals surface area contributed by atoms with Gasteiger partial charge in [0.15, 0.2) is 11.3 Å². The Morgan fingerprint density at radius 1 is 1.23 bits per heavy atom. The lowest BCUT2D eigenvalue weighted by molar-refractivity contribution is -0.116. The first-order valence-electron chi connectivity index (χ1n) is 9.95. The monoisotopic (exact) mass is 486 g/mol. The Labute approximate surface area is 188 Å². The number of amides is 1. The zero-order valence-corrected chi connectivity index (χ0v) is 19.3. The number of halogens is 1. The van der Waals surface area contributed by atoms with Gasteiger partial charge in [0.2, 0.25) is 0 Å². The summed E-state index contributed by atoms with van der Waals surface area (Å²) in [7, 11) is 1.63. The van der Waals surface area contributed by atoms with Gasteiger partial charge in [-0.2, -0.15) is 0 Å². The predicted octanol–water partition coefficient (Wildman–Crippen LogP) is 3.52. The van der Waals surface area contributed by atoms with Gasteiger partial charge in [-0.1, -0.05) is 65.7 Å². The lowest BCUT2D eigenvalue weighted by atomic mass is 10.1. The SMILES string of the molecule is CCCCCSC1=NN2C(=c3ccccc3=NC2c2cc(Br)ccc2OC)C(=O)N1. The smallest absolute Gasteiger partial charge is 0.276 e. The Hall–Kier alpha value is -2.32. The molecule has 1 unspecified atom stereocenters. The third-order valence-corrected chi connectivity index (χ3v) is 6.42. The fourth-order valence-electron chi connectivity index (χ4n) is 3.52. The van der Waals surface area contributed by atoms with Crippen LogP contribution in [0, 0.1) is 0 Å². The van der Waals surface area contributed by atoms with Gasteiger partial charge < -0.3 is 4.74 Å². The molecule has 30 heavy (non-hydrogen) atoms. The van der Waals surface area contributed by atoms with Crippen molar-refractivity contribution >= 4 is 44.5 Å². The van der Waals surface area contributed by atoms with E-state index in [2.05, 4.69) is 28.2 Å². The molecule has 2 heterocycles. The molecule has 1 atom stereocenters. The molecule has 0 aromatic heterocycles. The first-order chi connectivity index (χ1) is 14.6. The summed E-state index contributed by atoms with van der Waals surface area (Å²) in [4.78, 5) is 18.1. The number of nitrogens with one attached hydrogen (secondary N) is 1. The third-order valence-electron chi connectivity index (χ3n) is 4.97. The summed E-state index contributed by atoms with van der Waals surface area (Å²) in [6, 6.07) is 13.4. The van der Waals surface area contributed by atoms with Gasteiger partial charge in [0.05, 0.1) is 12.5 Å². The average molecular weight is 487 g/mol. The number of para-hydroxylation sites is 1. The summed E-state index contributed by atoms with van der Waals surface area (Å²) in [5.74, 6) is 1.45. The summed E-state index contributed by atoms with van der Waals surface area (Å²) < 4.78 is 6.51. The Morgan fingerprint density at radius 2 is 2.07 bits per heavy atom. The van der Waals surface area contributed by atoms with E-state index in [0.29, 0.717) is 16.6 Å². The van der Waals surface area contributed by atoms with Crippen molar-refractivity contribution in [3.63, 3.8) is 0 Å². The lowest BCUT2D eigenvalue weighted by Gasteiger charge is -2.34. The molecule has 8 heteroatoms. The average Bonchev–Trinajstić information content (AvgIpc) is 2.76. The van der Waals surface area contributed by atoms with Crippen LogP contribution in [0.25, 0.3) is 5.70 Å². The van der Waals surface area contributed by atoms with Gasteiger partial charge in [0.25, 0.3) is 5.91 Å². The molecule has 2 aliphatic rings. The number of methoxy groups -OCH3 is 1. The van der Waals surface area contributed by atoms with Crippen molar-refractivity contribution in [2.75, 3.05) is 12.9 Å².